The average molecular weight is 389 g/mol. The minimum Gasteiger partial charge on any atom is -0.459 e. The predicted octanol–water partition coefficient (Wildman–Crippen LogP) is 3.61. The van der Waals surface area contributed by atoms with Crippen molar-refractivity contribution < 1.29 is 13.9 Å². The summed E-state index contributed by atoms with van der Waals surface area (Å²) in [6.07, 6.45) is 1.48. The maximum absolute atomic E-state index is 12.1. The fourth-order valence-electron chi connectivity index (χ4n) is 2.73. The summed E-state index contributed by atoms with van der Waals surface area (Å²) in [6.45, 7) is 3.86. The van der Waals surface area contributed by atoms with Crippen LogP contribution >= 0.6 is 0 Å². The summed E-state index contributed by atoms with van der Waals surface area (Å²) in [4.78, 5) is 17.8. The third-order valence-electron chi connectivity index (χ3n) is 4.04. The van der Waals surface area contributed by atoms with E-state index in [-0.39, 0.29) is 18.6 Å². The van der Waals surface area contributed by atoms with Crippen LogP contribution in [0.2, 0.25) is 0 Å². The number of carbonyl (C=O) groups is 1. The monoisotopic (exact) mass is 389 g/mol. The Hall–Kier alpha value is -3.81. The minimum absolute atomic E-state index is 0.188. The third-order valence-corrected chi connectivity index (χ3v) is 4.04. The summed E-state index contributed by atoms with van der Waals surface area (Å²) in [5.41, 5.74) is 2.06. The second-order valence-electron chi connectivity index (χ2n) is 6.66. The zero-order valence-electron chi connectivity index (χ0n) is 16.0. The van der Waals surface area contributed by atoms with Gasteiger partial charge >= 0.3 is 5.97 Å². The van der Waals surface area contributed by atoms with Crippen LogP contribution in [0.25, 0.3) is 22.7 Å². The number of tetrazole rings is 1. The Bertz CT molecular complexity index is 1120. The molecule has 0 atom stereocenters. The standard InChI is InChI=1S/C21H19N5O3/c1-14(2)28-21(27)17-10-6-9-16(11-17)20-23-25-26(24-20)13-19-22-12-18(29-19)15-7-4-3-5-8-15/h3-12,14H,13H2,1-2H3. The predicted molar refractivity (Wildman–Crippen MR) is 105 cm³/mol. The second-order valence-corrected chi connectivity index (χ2v) is 6.66. The number of rotatable bonds is 6. The van der Waals surface area contributed by atoms with E-state index in [1.165, 1.54) is 4.80 Å². The summed E-state index contributed by atoms with van der Waals surface area (Å²) in [5.74, 6) is 1.17. The molecule has 8 nitrogen and oxygen atoms in total. The van der Waals surface area contributed by atoms with E-state index in [0.717, 1.165) is 5.56 Å². The number of hydrogen-bond donors (Lipinski definition) is 0. The van der Waals surface area contributed by atoms with Crippen molar-refractivity contribution in [2.45, 2.75) is 26.5 Å². The SMILES string of the molecule is CC(C)OC(=O)c1cccc(-c2nnn(Cc3ncc(-c4ccccc4)o3)n2)c1. The van der Waals surface area contributed by atoms with E-state index < -0.39 is 0 Å². The highest BCUT2D eigenvalue weighted by molar-refractivity contribution is 5.90. The summed E-state index contributed by atoms with van der Waals surface area (Å²) in [5, 5.41) is 12.5. The van der Waals surface area contributed by atoms with Crippen LogP contribution in [0.4, 0.5) is 0 Å². The molecule has 0 saturated heterocycles. The van der Waals surface area contributed by atoms with Gasteiger partial charge in [0.2, 0.25) is 11.7 Å². The van der Waals surface area contributed by atoms with Gasteiger partial charge in [0.1, 0.15) is 6.54 Å². The highest BCUT2D eigenvalue weighted by Crippen LogP contribution is 2.20. The van der Waals surface area contributed by atoms with E-state index in [4.69, 9.17) is 9.15 Å². The van der Waals surface area contributed by atoms with E-state index >= 15 is 0 Å². The molecule has 0 fully saturated rings. The molecule has 4 rings (SSSR count). The topological polar surface area (TPSA) is 95.9 Å². The van der Waals surface area contributed by atoms with Gasteiger partial charge in [-0.1, -0.05) is 42.5 Å². The largest absolute Gasteiger partial charge is 0.459 e. The Morgan fingerprint density at radius 2 is 1.90 bits per heavy atom. The highest BCUT2D eigenvalue weighted by Gasteiger charge is 2.14. The molecule has 2 aromatic heterocycles. The number of nitrogens with zero attached hydrogens (tertiary/aromatic N) is 5. The van der Waals surface area contributed by atoms with Crippen LogP contribution in [0.5, 0.6) is 0 Å². The zero-order chi connectivity index (χ0) is 20.2. The smallest absolute Gasteiger partial charge is 0.338 e. The van der Waals surface area contributed by atoms with Crippen LogP contribution in [-0.4, -0.2) is 37.3 Å². The molecule has 0 unspecified atom stereocenters. The van der Waals surface area contributed by atoms with Crippen molar-refractivity contribution in [2.24, 2.45) is 0 Å². The average Bonchev–Trinajstić information content (AvgIpc) is 3.38. The van der Waals surface area contributed by atoms with Gasteiger partial charge in [0.15, 0.2) is 5.76 Å². The number of hydrogen-bond acceptors (Lipinski definition) is 7. The lowest BCUT2D eigenvalue weighted by atomic mass is 10.1. The summed E-state index contributed by atoms with van der Waals surface area (Å²) < 4.78 is 11.0. The van der Waals surface area contributed by atoms with Gasteiger partial charge in [0, 0.05) is 11.1 Å². The molecule has 0 aliphatic rings. The Labute approximate surface area is 167 Å². The normalized spacial score (nSPS) is 11.0. The van der Waals surface area contributed by atoms with Gasteiger partial charge < -0.3 is 9.15 Å². The molecule has 8 heteroatoms. The molecule has 0 saturated carbocycles. The van der Waals surface area contributed by atoms with E-state index in [2.05, 4.69) is 20.4 Å². The van der Waals surface area contributed by atoms with Crippen molar-refractivity contribution in [2.75, 3.05) is 0 Å². The van der Waals surface area contributed by atoms with Crippen LogP contribution in [-0.2, 0) is 11.3 Å². The maximum Gasteiger partial charge on any atom is 0.338 e. The van der Waals surface area contributed by atoms with Gasteiger partial charge in [-0.05, 0) is 31.2 Å². The van der Waals surface area contributed by atoms with Gasteiger partial charge in [-0.2, -0.15) is 4.80 Å². The second kappa shape index (κ2) is 8.05. The van der Waals surface area contributed by atoms with Crippen molar-refractivity contribution in [1.29, 1.82) is 0 Å². The fraction of sp³-hybridized carbons (Fsp3) is 0.190. The lowest BCUT2D eigenvalue weighted by molar-refractivity contribution is 0.0378. The quantitative estimate of drug-likeness (QED) is 0.465. The number of esters is 1. The van der Waals surface area contributed by atoms with Gasteiger partial charge in [0.25, 0.3) is 0 Å². The first-order chi connectivity index (χ1) is 14.1. The van der Waals surface area contributed by atoms with Crippen LogP contribution < -0.4 is 0 Å². The van der Waals surface area contributed by atoms with Crippen LogP contribution in [0.3, 0.4) is 0 Å². The van der Waals surface area contributed by atoms with E-state index in [1.54, 1.807) is 38.2 Å². The number of benzene rings is 2. The molecule has 146 valence electrons. The van der Waals surface area contributed by atoms with Gasteiger partial charge in [0.05, 0.1) is 17.9 Å². The Kier molecular flexibility index (Phi) is 5.15. The van der Waals surface area contributed by atoms with Crippen molar-refractivity contribution in [3.63, 3.8) is 0 Å². The Morgan fingerprint density at radius 3 is 2.69 bits per heavy atom. The molecular weight excluding hydrogens is 370 g/mol. The first kappa shape index (κ1) is 18.5. The molecule has 2 aromatic carbocycles. The van der Waals surface area contributed by atoms with Gasteiger partial charge in [-0.3, -0.25) is 0 Å². The van der Waals surface area contributed by atoms with E-state index in [9.17, 15) is 4.79 Å². The number of ether oxygens (including phenoxy) is 1. The van der Waals surface area contributed by atoms with Crippen molar-refractivity contribution in [3.05, 3.63) is 72.2 Å². The number of oxazole rings is 1. The molecule has 4 aromatic rings. The van der Waals surface area contributed by atoms with Crippen LogP contribution in [0, 0.1) is 0 Å². The summed E-state index contributed by atoms with van der Waals surface area (Å²) in [6, 6.07) is 16.7. The number of aromatic nitrogens is 5. The van der Waals surface area contributed by atoms with Gasteiger partial charge in [-0.25, -0.2) is 9.78 Å². The molecule has 0 spiro atoms. The molecule has 0 radical (unpaired) electrons. The molecule has 0 bridgehead atoms. The van der Waals surface area contributed by atoms with E-state index in [1.807, 2.05) is 36.4 Å². The molecule has 0 amide bonds. The summed E-state index contributed by atoms with van der Waals surface area (Å²) >= 11 is 0. The van der Waals surface area contributed by atoms with Crippen molar-refractivity contribution >= 4 is 5.97 Å². The van der Waals surface area contributed by atoms with Crippen LogP contribution in [0.15, 0.2) is 65.2 Å². The van der Waals surface area contributed by atoms with Gasteiger partial charge in [-0.15, -0.1) is 10.2 Å². The summed E-state index contributed by atoms with van der Waals surface area (Å²) in [7, 11) is 0. The molecule has 29 heavy (non-hydrogen) atoms. The first-order valence-corrected chi connectivity index (χ1v) is 9.18. The molecule has 0 aliphatic carbocycles. The maximum atomic E-state index is 12.1. The van der Waals surface area contributed by atoms with E-state index in [0.29, 0.717) is 28.6 Å². The molecule has 2 heterocycles. The fourth-order valence-corrected chi connectivity index (χ4v) is 2.73. The third kappa shape index (κ3) is 4.37. The van der Waals surface area contributed by atoms with Crippen molar-refractivity contribution in [3.8, 4) is 22.7 Å². The first-order valence-electron chi connectivity index (χ1n) is 9.18. The Balaban J connectivity index is 1.49. The molecule has 0 aliphatic heterocycles. The molecule has 0 N–H and O–H groups in total. The molecular formula is C21H19N5O3. The highest BCUT2D eigenvalue weighted by atomic mass is 16.5. The number of carbonyl (C=O) groups excluding carboxylic acids is 1. The lowest BCUT2D eigenvalue weighted by Gasteiger charge is -2.08. The van der Waals surface area contributed by atoms with Crippen LogP contribution in [0.1, 0.15) is 30.1 Å². The van der Waals surface area contributed by atoms with Crippen molar-refractivity contribution in [1.82, 2.24) is 25.2 Å². The Morgan fingerprint density at radius 1 is 1.10 bits per heavy atom. The lowest BCUT2D eigenvalue weighted by Crippen LogP contribution is -2.11. The minimum atomic E-state index is -0.387. The zero-order valence-corrected chi connectivity index (χ0v) is 16.0.